The Hall–Kier alpha value is -1.22. The molecule has 0 aliphatic rings. The molecule has 0 bridgehead atoms. The standard InChI is InChI=1S/C14H19N3.HI/c1-5-13(10(2)3)17-14(15)16-12-8-6-7-11(4)9-12;/h1,6-10,13H,2-4H3,(H3,15,16,17);1H. The second-order valence-electron chi connectivity index (χ2n) is 4.36. The van der Waals surface area contributed by atoms with Gasteiger partial charge in [0.1, 0.15) is 6.04 Å². The van der Waals surface area contributed by atoms with Crippen LogP contribution in [0.4, 0.5) is 5.69 Å². The highest BCUT2D eigenvalue weighted by Gasteiger charge is 2.08. The highest BCUT2D eigenvalue weighted by molar-refractivity contribution is 14.0. The Labute approximate surface area is 126 Å². The molecule has 1 aromatic carbocycles. The third-order valence-electron chi connectivity index (χ3n) is 2.37. The predicted molar refractivity (Wildman–Crippen MR) is 89.3 cm³/mol. The summed E-state index contributed by atoms with van der Waals surface area (Å²) < 4.78 is 0. The smallest absolute Gasteiger partial charge is 0.194 e. The van der Waals surface area contributed by atoms with Gasteiger partial charge in [-0.15, -0.1) is 30.4 Å². The third-order valence-corrected chi connectivity index (χ3v) is 2.37. The lowest BCUT2D eigenvalue weighted by Gasteiger charge is -2.12. The minimum absolute atomic E-state index is 0. The number of nitrogens with zero attached hydrogens (tertiary/aromatic N) is 1. The van der Waals surface area contributed by atoms with Gasteiger partial charge in [-0.1, -0.05) is 31.9 Å². The number of anilines is 1. The maximum absolute atomic E-state index is 5.81. The Morgan fingerprint density at radius 3 is 2.61 bits per heavy atom. The lowest BCUT2D eigenvalue weighted by molar-refractivity contribution is 0.586. The van der Waals surface area contributed by atoms with Gasteiger partial charge in [0.25, 0.3) is 0 Å². The molecular weight excluding hydrogens is 337 g/mol. The summed E-state index contributed by atoms with van der Waals surface area (Å²) in [5.41, 5.74) is 7.90. The second-order valence-corrected chi connectivity index (χ2v) is 4.36. The average Bonchev–Trinajstić information content (AvgIpc) is 2.25. The summed E-state index contributed by atoms with van der Waals surface area (Å²) in [5, 5.41) is 3.03. The first kappa shape index (κ1) is 16.8. The van der Waals surface area contributed by atoms with E-state index in [4.69, 9.17) is 12.2 Å². The van der Waals surface area contributed by atoms with Crippen molar-refractivity contribution in [1.82, 2.24) is 0 Å². The molecule has 98 valence electrons. The molecule has 1 atom stereocenters. The fraction of sp³-hybridized carbons (Fsp3) is 0.357. The molecule has 0 amide bonds. The minimum Gasteiger partial charge on any atom is -0.370 e. The van der Waals surface area contributed by atoms with Gasteiger partial charge in [0.05, 0.1) is 0 Å². The van der Waals surface area contributed by atoms with Crippen molar-refractivity contribution in [2.45, 2.75) is 26.8 Å². The molecule has 4 heteroatoms. The molecule has 3 N–H and O–H groups in total. The van der Waals surface area contributed by atoms with E-state index in [1.54, 1.807) is 0 Å². The van der Waals surface area contributed by atoms with Crippen molar-refractivity contribution < 1.29 is 0 Å². The van der Waals surface area contributed by atoms with Crippen molar-refractivity contribution in [2.75, 3.05) is 5.32 Å². The van der Waals surface area contributed by atoms with Crippen molar-refractivity contribution in [3.8, 4) is 12.3 Å². The summed E-state index contributed by atoms with van der Waals surface area (Å²) in [7, 11) is 0. The first-order chi connectivity index (χ1) is 8.02. The quantitative estimate of drug-likeness (QED) is 0.378. The van der Waals surface area contributed by atoms with Crippen LogP contribution in [0.5, 0.6) is 0 Å². The van der Waals surface area contributed by atoms with Crippen LogP contribution in [-0.2, 0) is 0 Å². The SMILES string of the molecule is C#CC(N=C(N)Nc1cccc(C)c1)C(C)C.I. The minimum atomic E-state index is -0.188. The molecule has 1 unspecified atom stereocenters. The van der Waals surface area contributed by atoms with E-state index in [0.717, 1.165) is 5.69 Å². The lowest BCUT2D eigenvalue weighted by atomic mass is 10.1. The molecule has 0 saturated carbocycles. The van der Waals surface area contributed by atoms with E-state index < -0.39 is 0 Å². The first-order valence-electron chi connectivity index (χ1n) is 5.66. The Bertz CT molecular complexity index is 447. The molecule has 3 nitrogen and oxygen atoms in total. The topological polar surface area (TPSA) is 50.4 Å². The van der Waals surface area contributed by atoms with Gasteiger partial charge in [0.2, 0.25) is 0 Å². The zero-order valence-electron chi connectivity index (χ0n) is 11.0. The number of nitrogens with two attached hydrogens (primary N) is 1. The number of hydrogen-bond donors (Lipinski definition) is 2. The third kappa shape index (κ3) is 5.41. The van der Waals surface area contributed by atoms with Crippen LogP contribution in [0, 0.1) is 25.2 Å². The summed E-state index contributed by atoms with van der Waals surface area (Å²) in [6, 6.07) is 7.74. The van der Waals surface area contributed by atoms with Crippen molar-refractivity contribution in [1.29, 1.82) is 0 Å². The predicted octanol–water partition coefficient (Wildman–Crippen LogP) is 3.00. The molecule has 0 fully saturated rings. The number of benzene rings is 1. The van der Waals surface area contributed by atoms with Gasteiger partial charge in [-0.05, 0) is 30.5 Å². The summed E-state index contributed by atoms with van der Waals surface area (Å²) >= 11 is 0. The number of aliphatic imine (C=N–C) groups is 1. The van der Waals surface area contributed by atoms with Crippen molar-refractivity contribution in [2.24, 2.45) is 16.6 Å². The monoisotopic (exact) mass is 357 g/mol. The maximum Gasteiger partial charge on any atom is 0.194 e. The first-order valence-corrected chi connectivity index (χ1v) is 5.66. The number of rotatable bonds is 3. The van der Waals surface area contributed by atoms with E-state index in [-0.39, 0.29) is 35.9 Å². The summed E-state index contributed by atoms with van der Waals surface area (Å²) in [6.45, 7) is 6.07. The van der Waals surface area contributed by atoms with Gasteiger partial charge in [0, 0.05) is 5.69 Å². The van der Waals surface area contributed by atoms with Crippen LogP contribution in [-0.4, -0.2) is 12.0 Å². The number of guanidine groups is 1. The average molecular weight is 357 g/mol. The molecule has 1 aromatic rings. The van der Waals surface area contributed by atoms with Crippen LogP contribution >= 0.6 is 24.0 Å². The molecule has 18 heavy (non-hydrogen) atoms. The number of halogens is 1. The molecule has 0 aliphatic carbocycles. The normalized spacial score (nSPS) is 12.5. The number of aryl methyl sites for hydroxylation is 1. The molecular formula is C14H20IN3. The van der Waals surface area contributed by atoms with E-state index in [0.29, 0.717) is 5.96 Å². The molecule has 1 rings (SSSR count). The van der Waals surface area contributed by atoms with E-state index in [9.17, 15) is 0 Å². The van der Waals surface area contributed by atoms with E-state index in [2.05, 4.69) is 16.2 Å². The van der Waals surface area contributed by atoms with E-state index >= 15 is 0 Å². The van der Waals surface area contributed by atoms with Crippen molar-refractivity contribution >= 4 is 35.6 Å². The summed E-state index contributed by atoms with van der Waals surface area (Å²) in [6.07, 6.45) is 5.40. The van der Waals surface area contributed by atoms with E-state index in [1.165, 1.54) is 5.56 Å². The van der Waals surface area contributed by atoms with Crippen LogP contribution in [0.3, 0.4) is 0 Å². The van der Waals surface area contributed by atoms with Crippen LogP contribution < -0.4 is 11.1 Å². The Morgan fingerprint density at radius 2 is 2.11 bits per heavy atom. The maximum atomic E-state index is 5.81. The van der Waals surface area contributed by atoms with Gasteiger partial charge < -0.3 is 11.1 Å². The number of nitrogens with one attached hydrogen (secondary N) is 1. The fourth-order valence-electron chi connectivity index (χ4n) is 1.43. The van der Waals surface area contributed by atoms with Crippen LogP contribution in [0.1, 0.15) is 19.4 Å². The molecule has 0 heterocycles. The summed E-state index contributed by atoms with van der Waals surface area (Å²) in [4.78, 5) is 4.27. The van der Waals surface area contributed by atoms with Gasteiger partial charge in [-0.3, -0.25) is 0 Å². The van der Waals surface area contributed by atoms with E-state index in [1.807, 2.05) is 45.0 Å². The summed E-state index contributed by atoms with van der Waals surface area (Å²) in [5.74, 6) is 3.25. The van der Waals surface area contributed by atoms with Crippen LogP contribution in [0.25, 0.3) is 0 Å². The number of terminal acetylenes is 1. The second kappa shape index (κ2) is 7.98. The molecule has 0 spiro atoms. The zero-order valence-corrected chi connectivity index (χ0v) is 13.3. The van der Waals surface area contributed by atoms with Crippen molar-refractivity contribution in [3.63, 3.8) is 0 Å². The number of hydrogen-bond acceptors (Lipinski definition) is 1. The van der Waals surface area contributed by atoms with Gasteiger partial charge in [-0.25, -0.2) is 4.99 Å². The molecule has 0 aliphatic heterocycles. The van der Waals surface area contributed by atoms with Crippen LogP contribution in [0.15, 0.2) is 29.3 Å². The molecule has 0 saturated heterocycles. The van der Waals surface area contributed by atoms with Crippen LogP contribution in [0.2, 0.25) is 0 Å². The van der Waals surface area contributed by atoms with Gasteiger partial charge in [-0.2, -0.15) is 0 Å². The van der Waals surface area contributed by atoms with Gasteiger partial charge >= 0.3 is 0 Å². The highest BCUT2D eigenvalue weighted by Crippen LogP contribution is 2.10. The zero-order chi connectivity index (χ0) is 12.8. The fourth-order valence-corrected chi connectivity index (χ4v) is 1.43. The molecule has 0 aromatic heterocycles. The Kier molecular flexibility index (Phi) is 7.44. The highest BCUT2D eigenvalue weighted by atomic mass is 127. The van der Waals surface area contributed by atoms with Gasteiger partial charge in [0.15, 0.2) is 5.96 Å². The lowest BCUT2D eigenvalue weighted by Crippen LogP contribution is -2.26. The Balaban J connectivity index is 0.00000289. The molecule has 0 radical (unpaired) electrons. The van der Waals surface area contributed by atoms with Crippen molar-refractivity contribution in [3.05, 3.63) is 29.8 Å². The Morgan fingerprint density at radius 1 is 1.44 bits per heavy atom. The largest absolute Gasteiger partial charge is 0.370 e.